The van der Waals surface area contributed by atoms with Crippen LogP contribution in [0.25, 0.3) is 0 Å². The van der Waals surface area contributed by atoms with Gasteiger partial charge in [0.05, 0.1) is 5.69 Å². The van der Waals surface area contributed by atoms with Crippen molar-refractivity contribution in [3.63, 3.8) is 0 Å². The maximum atomic E-state index is 12.9. The Hall–Kier alpha value is -1.88. The number of amides is 1. The highest BCUT2D eigenvalue weighted by Crippen LogP contribution is 2.24. The number of nitrogens with zero attached hydrogens (tertiary/aromatic N) is 1. The molecule has 0 atom stereocenters. The van der Waals surface area contributed by atoms with Crippen molar-refractivity contribution in [1.29, 1.82) is 0 Å². The molecule has 0 unspecified atom stereocenters. The second-order valence-corrected chi connectivity index (χ2v) is 4.37. The van der Waals surface area contributed by atoms with E-state index >= 15 is 0 Å². The van der Waals surface area contributed by atoms with Crippen LogP contribution in [0, 0.1) is 5.95 Å². The summed E-state index contributed by atoms with van der Waals surface area (Å²) in [4.78, 5) is 16.3. The van der Waals surface area contributed by atoms with E-state index in [9.17, 15) is 9.18 Å². The second-order valence-electron chi connectivity index (χ2n) is 3.52. The first-order valence-electron chi connectivity index (χ1n) is 5.26. The van der Waals surface area contributed by atoms with Gasteiger partial charge in [0.2, 0.25) is 5.95 Å². The summed E-state index contributed by atoms with van der Waals surface area (Å²) in [5, 5.41) is 2.75. The lowest BCUT2D eigenvalue weighted by Crippen LogP contribution is -2.12. The summed E-state index contributed by atoms with van der Waals surface area (Å²) < 4.78 is 12.9. The lowest BCUT2D eigenvalue weighted by Gasteiger charge is -2.08. The molecule has 0 bridgehead atoms. The molecule has 1 heterocycles. The van der Waals surface area contributed by atoms with Crippen LogP contribution in [0.5, 0.6) is 0 Å². The molecule has 0 fully saturated rings. The zero-order valence-corrected chi connectivity index (χ0v) is 10.5. The number of carbonyl (C=O) groups is 1. The predicted octanol–water partition coefficient (Wildman–Crippen LogP) is 3.19. The molecule has 2 rings (SSSR count). The summed E-state index contributed by atoms with van der Waals surface area (Å²) in [6, 6.07) is 10.0. The molecule has 0 aliphatic rings. The van der Waals surface area contributed by atoms with Crippen LogP contribution in [0.15, 0.2) is 47.5 Å². The van der Waals surface area contributed by atoms with Gasteiger partial charge in [-0.1, -0.05) is 12.1 Å². The Balaban J connectivity index is 2.21. The summed E-state index contributed by atoms with van der Waals surface area (Å²) in [5.41, 5.74) is 0.964. The number of pyridine rings is 1. The van der Waals surface area contributed by atoms with Crippen molar-refractivity contribution in [1.82, 2.24) is 4.98 Å². The van der Waals surface area contributed by atoms with Crippen LogP contribution >= 0.6 is 11.8 Å². The third kappa shape index (κ3) is 2.87. The lowest BCUT2D eigenvalue weighted by molar-refractivity contribution is 0.102. The molecule has 5 heteroatoms. The number of hydrogen-bond acceptors (Lipinski definition) is 3. The minimum absolute atomic E-state index is 0.249. The molecule has 0 saturated heterocycles. The number of para-hydroxylation sites is 1. The fourth-order valence-electron chi connectivity index (χ4n) is 1.49. The van der Waals surface area contributed by atoms with E-state index in [-0.39, 0.29) is 11.5 Å². The highest BCUT2D eigenvalue weighted by Gasteiger charge is 2.09. The molecule has 3 nitrogen and oxygen atoms in total. The molecule has 1 amide bonds. The zero-order chi connectivity index (χ0) is 13.0. The fourth-order valence-corrected chi connectivity index (χ4v) is 2.04. The van der Waals surface area contributed by atoms with Crippen LogP contribution in [-0.2, 0) is 0 Å². The van der Waals surface area contributed by atoms with E-state index in [1.54, 1.807) is 6.07 Å². The molecular weight excluding hydrogens is 251 g/mol. The number of anilines is 1. The Kier molecular flexibility index (Phi) is 3.94. The topological polar surface area (TPSA) is 42.0 Å². The number of rotatable bonds is 3. The van der Waals surface area contributed by atoms with Gasteiger partial charge in [-0.2, -0.15) is 4.39 Å². The Morgan fingerprint density at radius 3 is 2.83 bits per heavy atom. The Morgan fingerprint density at radius 1 is 1.33 bits per heavy atom. The molecule has 1 aromatic heterocycles. The number of thioether (sulfide) groups is 1. The smallest absolute Gasteiger partial charge is 0.255 e. The number of halogens is 1. The third-order valence-corrected chi connectivity index (χ3v) is 3.14. The number of carbonyl (C=O) groups excluding carboxylic acids is 1. The molecular formula is C13H11FN2OS. The number of aromatic nitrogens is 1. The maximum absolute atomic E-state index is 12.9. The molecule has 1 N–H and O–H groups in total. The van der Waals surface area contributed by atoms with Gasteiger partial charge >= 0.3 is 0 Å². The molecule has 18 heavy (non-hydrogen) atoms. The van der Waals surface area contributed by atoms with Crippen LogP contribution < -0.4 is 5.32 Å². The maximum Gasteiger partial charge on any atom is 0.255 e. The molecule has 2 aromatic rings. The Labute approximate surface area is 108 Å². The number of hydrogen-bond donors (Lipinski definition) is 1. The van der Waals surface area contributed by atoms with Gasteiger partial charge in [0.15, 0.2) is 0 Å². The van der Waals surface area contributed by atoms with Gasteiger partial charge in [-0.15, -0.1) is 11.8 Å². The Bertz CT molecular complexity index is 574. The van der Waals surface area contributed by atoms with E-state index in [0.717, 1.165) is 11.0 Å². The lowest BCUT2D eigenvalue weighted by atomic mass is 10.2. The highest BCUT2D eigenvalue weighted by atomic mass is 32.2. The van der Waals surface area contributed by atoms with Gasteiger partial charge in [0.25, 0.3) is 5.91 Å². The molecule has 92 valence electrons. The van der Waals surface area contributed by atoms with Crippen LogP contribution in [0.3, 0.4) is 0 Å². The molecule has 0 aliphatic carbocycles. The van der Waals surface area contributed by atoms with E-state index in [1.807, 2.05) is 24.5 Å². The molecule has 0 aliphatic heterocycles. The van der Waals surface area contributed by atoms with Gasteiger partial charge in [-0.05, 0) is 24.5 Å². The standard InChI is InChI=1S/C13H11FN2OS/c1-18-11-5-3-2-4-10(11)16-13(17)9-6-7-15-12(14)8-9/h2-8H,1H3,(H,16,17). The minimum atomic E-state index is -0.666. The van der Waals surface area contributed by atoms with Crippen molar-refractivity contribution in [2.45, 2.75) is 4.90 Å². The van der Waals surface area contributed by atoms with Crippen molar-refractivity contribution >= 4 is 23.4 Å². The number of nitrogens with one attached hydrogen (secondary N) is 1. The monoisotopic (exact) mass is 262 g/mol. The van der Waals surface area contributed by atoms with Gasteiger partial charge in [0, 0.05) is 22.7 Å². The SMILES string of the molecule is CSc1ccccc1NC(=O)c1ccnc(F)c1. The molecule has 0 saturated carbocycles. The van der Waals surface area contributed by atoms with Gasteiger partial charge < -0.3 is 5.32 Å². The fraction of sp³-hybridized carbons (Fsp3) is 0.0769. The van der Waals surface area contributed by atoms with Gasteiger partial charge in [0.1, 0.15) is 0 Å². The van der Waals surface area contributed by atoms with Crippen LogP contribution in [0.4, 0.5) is 10.1 Å². The molecule has 1 aromatic carbocycles. The zero-order valence-electron chi connectivity index (χ0n) is 9.68. The van der Waals surface area contributed by atoms with Crippen LogP contribution in [0.2, 0.25) is 0 Å². The van der Waals surface area contributed by atoms with Gasteiger partial charge in [-0.25, -0.2) is 4.98 Å². The first kappa shape index (κ1) is 12.6. The largest absolute Gasteiger partial charge is 0.321 e. The van der Waals surface area contributed by atoms with Crippen LogP contribution in [-0.4, -0.2) is 17.1 Å². The van der Waals surface area contributed by atoms with E-state index in [1.165, 1.54) is 24.0 Å². The Morgan fingerprint density at radius 2 is 2.11 bits per heavy atom. The van der Waals surface area contributed by atoms with Crippen molar-refractivity contribution < 1.29 is 9.18 Å². The average Bonchev–Trinajstić information content (AvgIpc) is 2.39. The third-order valence-electron chi connectivity index (χ3n) is 2.34. The van der Waals surface area contributed by atoms with E-state index in [0.29, 0.717) is 5.69 Å². The van der Waals surface area contributed by atoms with E-state index < -0.39 is 5.95 Å². The van der Waals surface area contributed by atoms with E-state index in [2.05, 4.69) is 10.3 Å². The summed E-state index contributed by atoms with van der Waals surface area (Å²) >= 11 is 1.53. The van der Waals surface area contributed by atoms with Crippen molar-refractivity contribution in [2.24, 2.45) is 0 Å². The average molecular weight is 262 g/mol. The summed E-state index contributed by atoms with van der Waals surface area (Å²) in [7, 11) is 0. The quantitative estimate of drug-likeness (QED) is 0.682. The number of benzene rings is 1. The van der Waals surface area contributed by atoms with Crippen molar-refractivity contribution in [3.8, 4) is 0 Å². The predicted molar refractivity (Wildman–Crippen MR) is 70.4 cm³/mol. The van der Waals surface area contributed by atoms with Gasteiger partial charge in [-0.3, -0.25) is 4.79 Å². The summed E-state index contributed by atoms with van der Waals surface area (Å²) in [6.07, 6.45) is 3.20. The van der Waals surface area contributed by atoms with E-state index in [4.69, 9.17) is 0 Å². The first-order chi connectivity index (χ1) is 8.70. The van der Waals surface area contributed by atoms with Crippen molar-refractivity contribution in [3.05, 3.63) is 54.1 Å². The first-order valence-corrected chi connectivity index (χ1v) is 6.49. The second kappa shape index (κ2) is 5.64. The van der Waals surface area contributed by atoms with Crippen molar-refractivity contribution in [2.75, 3.05) is 11.6 Å². The highest BCUT2D eigenvalue weighted by molar-refractivity contribution is 7.98. The normalized spacial score (nSPS) is 10.1. The molecule has 0 spiro atoms. The molecule has 0 radical (unpaired) electrons. The summed E-state index contributed by atoms with van der Waals surface area (Å²) in [6.45, 7) is 0. The summed E-state index contributed by atoms with van der Waals surface area (Å²) in [5.74, 6) is -1.02. The minimum Gasteiger partial charge on any atom is -0.321 e. The van der Waals surface area contributed by atoms with Crippen LogP contribution in [0.1, 0.15) is 10.4 Å².